The lowest BCUT2D eigenvalue weighted by molar-refractivity contribution is -0.148. The Morgan fingerprint density at radius 1 is 0.966 bits per heavy atom. The van der Waals surface area contributed by atoms with Crippen LogP contribution >= 0.6 is 0 Å². The number of nitrogens with one attached hydrogen (secondary N) is 2. The topological polar surface area (TPSA) is 201 Å². The number of methoxy groups -OCH3 is 2. The second-order valence-electron chi connectivity index (χ2n) is 17.5. The minimum atomic E-state index is -1.19. The van der Waals surface area contributed by atoms with Gasteiger partial charge in [0.25, 0.3) is 0 Å². The van der Waals surface area contributed by atoms with Crippen molar-refractivity contribution in [1.29, 1.82) is 0 Å². The Bertz CT molecular complexity index is 1590. The molecule has 1 aliphatic carbocycles. The zero-order valence-electron chi connectivity index (χ0n) is 37.2. The summed E-state index contributed by atoms with van der Waals surface area (Å²) in [5, 5.41) is 15.1. The first-order valence-corrected chi connectivity index (χ1v) is 21.3. The summed E-state index contributed by atoms with van der Waals surface area (Å²) in [5.41, 5.74) is 5.58. The lowest BCUT2D eigenvalue weighted by Gasteiger charge is -2.41. The molecule has 0 aromatic heterocycles. The van der Waals surface area contributed by atoms with Crippen LogP contribution in [0.1, 0.15) is 105 Å². The Hall–Kier alpha value is -4.08. The van der Waals surface area contributed by atoms with Crippen LogP contribution in [0.4, 0.5) is 0 Å². The number of carbonyl (C=O) groups excluding carboxylic acids is 5. The van der Waals surface area contributed by atoms with Crippen molar-refractivity contribution in [2.24, 2.45) is 29.4 Å². The molecule has 1 heterocycles. The Labute approximate surface area is 351 Å². The Morgan fingerprint density at radius 2 is 1.61 bits per heavy atom. The highest BCUT2D eigenvalue weighted by molar-refractivity contribution is 5.96. The number of carboxylic acids is 1. The van der Waals surface area contributed by atoms with Crippen molar-refractivity contribution in [3.8, 4) is 0 Å². The molecule has 332 valence electrons. The molecule has 7 unspecified atom stereocenters. The van der Waals surface area contributed by atoms with Crippen LogP contribution in [0.2, 0.25) is 0 Å². The number of rotatable bonds is 24. The van der Waals surface area contributed by atoms with Crippen molar-refractivity contribution in [3.05, 3.63) is 35.9 Å². The second-order valence-corrected chi connectivity index (χ2v) is 17.5. The van der Waals surface area contributed by atoms with E-state index in [-0.39, 0.29) is 60.1 Å². The number of hydrogen-bond acceptors (Lipinski definition) is 9. The number of hydrogen-bond donors (Lipinski definition) is 4. The van der Waals surface area contributed by atoms with Crippen LogP contribution in [0.15, 0.2) is 30.3 Å². The van der Waals surface area contributed by atoms with Gasteiger partial charge in [-0.25, -0.2) is 0 Å². The first-order valence-electron chi connectivity index (χ1n) is 21.3. The van der Waals surface area contributed by atoms with Crippen LogP contribution < -0.4 is 16.4 Å². The molecule has 1 aliphatic heterocycles. The van der Waals surface area contributed by atoms with Gasteiger partial charge in [0.15, 0.2) is 0 Å². The molecule has 0 radical (unpaired) electrons. The maximum absolute atomic E-state index is 14.4. The molecule has 15 nitrogen and oxygen atoms in total. The van der Waals surface area contributed by atoms with E-state index in [9.17, 15) is 28.8 Å². The summed E-state index contributed by atoms with van der Waals surface area (Å²) < 4.78 is 12.0. The fourth-order valence-corrected chi connectivity index (χ4v) is 9.06. The van der Waals surface area contributed by atoms with E-state index in [1.165, 1.54) is 14.2 Å². The third kappa shape index (κ3) is 12.0. The lowest BCUT2D eigenvalue weighted by atomic mass is 9.89. The predicted molar refractivity (Wildman–Crippen MR) is 225 cm³/mol. The number of primary amides is 1. The first-order chi connectivity index (χ1) is 27.8. The molecule has 2 fully saturated rings. The summed E-state index contributed by atoms with van der Waals surface area (Å²) in [6.07, 6.45) is 1.39. The first kappa shape index (κ1) is 49.3. The average molecular weight is 829 g/mol. The van der Waals surface area contributed by atoms with Crippen molar-refractivity contribution in [3.63, 3.8) is 0 Å². The predicted octanol–water partition coefficient (Wildman–Crippen LogP) is 3.40. The molecule has 0 spiro atoms. The number of aliphatic carboxylic acids is 1. The number of amides is 5. The van der Waals surface area contributed by atoms with Gasteiger partial charge in [-0.2, -0.15) is 0 Å². The van der Waals surface area contributed by atoms with E-state index < -0.39 is 59.7 Å². The van der Waals surface area contributed by atoms with E-state index in [0.717, 1.165) is 5.56 Å². The van der Waals surface area contributed by atoms with Crippen molar-refractivity contribution in [2.75, 3.05) is 41.4 Å². The molecule has 1 aromatic carbocycles. The number of nitrogens with zero attached hydrogens (tertiary/aromatic N) is 3. The van der Waals surface area contributed by atoms with Gasteiger partial charge in [-0.05, 0) is 62.6 Å². The molecule has 0 bridgehead atoms. The molecule has 1 aromatic rings. The Morgan fingerprint density at radius 3 is 2.14 bits per heavy atom. The van der Waals surface area contributed by atoms with E-state index in [0.29, 0.717) is 45.2 Å². The van der Waals surface area contributed by atoms with Crippen molar-refractivity contribution >= 4 is 35.5 Å². The van der Waals surface area contributed by atoms with Crippen molar-refractivity contribution in [1.82, 2.24) is 25.3 Å². The van der Waals surface area contributed by atoms with Gasteiger partial charge < -0.3 is 40.7 Å². The molecule has 10 atom stereocenters. The molecule has 1 saturated heterocycles. The van der Waals surface area contributed by atoms with Crippen LogP contribution in [0, 0.1) is 23.7 Å². The Balaban J connectivity index is 1.78. The average Bonchev–Trinajstić information content (AvgIpc) is 3.72. The highest BCUT2D eigenvalue weighted by atomic mass is 16.5. The fraction of sp³-hybridized carbons (Fsp3) is 0.727. The number of ether oxygens (including phenoxy) is 2. The largest absolute Gasteiger partial charge is 0.481 e. The summed E-state index contributed by atoms with van der Waals surface area (Å²) in [7, 11) is 6.52. The Kier molecular flexibility index (Phi) is 18.3. The molecule has 5 amide bonds. The fourth-order valence-electron chi connectivity index (χ4n) is 9.06. The monoisotopic (exact) mass is 829 g/mol. The van der Waals surface area contributed by atoms with Crippen LogP contribution in [0.3, 0.4) is 0 Å². The highest BCUT2D eigenvalue weighted by Crippen LogP contribution is 2.51. The zero-order valence-corrected chi connectivity index (χ0v) is 37.2. The maximum Gasteiger partial charge on any atom is 0.303 e. The van der Waals surface area contributed by atoms with Crippen LogP contribution in [0.25, 0.3) is 0 Å². The second kappa shape index (κ2) is 22.0. The van der Waals surface area contributed by atoms with Gasteiger partial charge in [-0.15, -0.1) is 0 Å². The molecule has 3 rings (SSSR count). The summed E-state index contributed by atoms with van der Waals surface area (Å²) in [6, 6.07) is 7.08. The molecule has 1 saturated carbocycles. The van der Waals surface area contributed by atoms with Crippen molar-refractivity contribution < 1.29 is 43.3 Å². The summed E-state index contributed by atoms with van der Waals surface area (Å²) >= 11 is 0. The molecule has 59 heavy (non-hydrogen) atoms. The van der Waals surface area contributed by atoms with E-state index >= 15 is 0 Å². The smallest absolute Gasteiger partial charge is 0.303 e. The number of carbonyl (C=O) groups is 6. The van der Waals surface area contributed by atoms with Gasteiger partial charge in [-0.1, -0.05) is 85.2 Å². The summed E-state index contributed by atoms with van der Waals surface area (Å²) in [4.78, 5) is 85.3. The third-order valence-electron chi connectivity index (χ3n) is 12.7. The van der Waals surface area contributed by atoms with E-state index in [4.69, 9.17) is 20.3 Å². The number of carboxylic acid groups (broad SMARTS) is 1. The van der Waals surface area contributed by atoms with Crippen molar-refractivity contribution in [2.45, 2.75) is 141 Å². The van der Waals surface area contributed by atoms with Crippen LogP contribution in [-0.4, -0.2) is 139 Å². The highest BCUT2D eigenvalue weighted by Gasteiger charge is 2.61. The minimum Gasteiger partial charge on any atom is -0.481 e. The van der Waals surface area contributed by atoms with Gasteiger partial charge >= 0.3 is 5.97 Å². The minimum absolute atomic E-state index is 0.00853. The number of nitrogens with two attached hydrogens (primary N) is 1. The zero-order chi connectivity index (χ0) is 44.4. The van der Waals surface area contributed by atoms with E-state index in [1.54, 1.807) is 30.8 Å². The maximum atomic E-state index is 14.4. The summed E-state index contributed by atoms with van der Waals surface area (Å²) in [6.45, 7) is 14.2. The van der Waals surface area contributed by atoms with Crippen LogP contribution in [-0.2, 0) is 38.2 Å². The SMILES string of the molecule is CCC(C)C(C(CC(=O)N1CCC[C@H]1C(OC)C(C)C(=O)N[C@@]1(C(N)=O)C[C@@H]1c1ccccc1)OC)N(C)C(=O)C(NC(=O)C(C(C)C)N(C)CCCC(=O)O)C(C)C. The van der Waals surface area contributed by atoms with Gasteiger partial charge in [0.1, 0.15) is 11.6 Å². The van der Waals surface area contributed by atoms with Gasteiger partial charge in [0.2, 0.25) is 29.5 Å². The summed E-state index contributed by atoms with van der Waals surface area (Å²) in [5.74, 6) is -4.09. The number of likely N-dealkylation sites (tertiary alicyclic amines) is 1. The molecule has 5 N–H and O–H groups in total. The lowest BCUT2D eigenvalue weighted by Crippen LogP contribution is -2.60. The van der Waals surface area contributed by atoms with Gasteiger partial charge in [-0.3, -0.25) is 33.7 Å². The number of benzene rings is 1. The molecular weight excluding hydrogens is 757 g/mol. The molecule has 15 heteroatoms. The number of likely N-dealkylation sites (N-methyl/N-ethyl adjacent to an activating group) is 2. The van der Waals surface area contributed by atoms with E-state index in [1.807, 2.05) is 76.8 Å². The van der Waals surface area contributed by atoms with Gasteiger partial charge in [0.05, 0.1) is 42.7 Å². The molecular formula is C44H72N6O9. The van der Waals surface area contributed by atoms with Crippen LogP contribution in [0.5, 0.6) is 0 Å². The third-order valence-corrected chi connectivity index (χ3v) is 12.7. The molecule has 2 aliphatic rings. The standard InChI is InChI=1S/C44H72N6O9/c1-12-28(6)38(49(9)42(56)36(26(2)3)46-41(55)37(27(4)5)48(8)22-17-21-35(52)53)33(58-10)24-34(51)50-23-16-20-32(50)39(59-11)29(7)40(54)47-44(43(45)57)25-31(44)30-18-14-13-15-19-30/h13-15,18-19,26-29,31-33,36-39H,12,16-17,20-25H2,1-11H3,(H2,45,57)(H,46,55)(H,47,54)(H,52,53)/t28?,29?,31-,32+,33?,36?,37?,38?,39?,44+/m1/s1. The quantitative estimate of drug-likeness (QED) is 0.120. The van der Waals surface area contributed by atoms with Gasteiger partial charge in [0, 0.05) is 40.2 Å². The normalized spacial score (nSPS) is 22.6. The van der Waals surface area contributed by atoms with E-state index in [2.05, 4.69) is 10.6 Å².